The molecule has 0 bridgehead atoms. The van der Waals surface area contributed by atoms with Crippen LogP contribution in [0, 0.1) is 0 Å². The van der Waals surface area contributed by atoms with Crippen LogP contribution < -0.4 is 148 Å². The second-order valence-corrected chi connectivity index (χ2v) is 12.5. The summed E-state index contributed by atoms with van der Waals surface area (Å²) in [6, 6.07) is 0. The molecule has 0 radical (unpaired) electrons. The zero-order valence-corrected chi connectivity index (χ0v) is 31.1. The molecule has 0 aromatic carbocycles. The maximum atomic E-state index is 11.0. The van der Waals surface area contributed by atoms with Gasteiger partial charge in [-0.1, -0.05) is 0 Å². The molecule has 0 aromatic heterocycles. The molecule has 18 nitrogen and oxygen atoms in total. The molecule has 1 saturated heterocycles. The van der Waals surface area contributed by atoms with Crippen molar-refractivity contribution in [1.29, 1.82) is 0 Å². The molecule has 0 aliphatic carbocycles. The summed E-state index contributed by atoms with van der Waals surface area (Å²) in [5, 5.41) is 0. The van der Waals surface area contributed by atoms with Crippen molar-refractivity contribution in [1.82, 2.24) is 0 Å². The minimum Gasteiger partial charge on any atom is -0.756 e. The van der Waals surface area contributed by atoms with Crippen LogP contribution in [0.2, 0.25) is 0 Å². The summed E-state index contributed by atoms with van der Waals surface area (Å²) in [6.45, 7) is 0. The van der Waals surface area contributed by atoms with E-state index in [4.69, 9.17) is 0 Å². The SMILES string of the molecule is O=P1([O-])OP(=O)([O-])OP(=O)([O-])OP(=O)([O-])OP(=O)([O-])OP(=O)([O-])O1.[Na+].[Na+].[Na+].[Na+].[Zn+2]. The zero-order chi connectivity index (χ0) is 19.2. The van der Waals surface area contributed by atoms with Crippen LogP contribution >= 0.6 is 46.9 Å². The number of phosphoric acid groups is 6. The summed E-state index contributed by atoms with van der Waals surface area (Å²) in [5.74, 6) is 0. The summed E-state index contributed by atoms with van der Waals surface area (Å²) in [5.41, 5.74) is 0. The zero-order valence-electron chi connectivity index (χ0n) is 14.7. The van der Waals surface area contributed by atoms with E-state index in [0.717, 1.165) is 0 Å². The van der Waals surface area contributed by atoms with E-state index in [2.05, 4.69) is 25.9 Å². The Labute approximate surface area is 263 Å². The van der Waals surface area contributed by atoms with Crippen LogP contribution in [0.1, 0.15) is 0 Å². The molecule has 0 unspecified atom stereocenters. The molecule has 29 heteroatoms. The number of rotatable bonds is 0. The maximum Gasteiger partial charge on any atom is 2.00 e. The topological polar surface area (TPSA) is 296 Å². The average Bonchev–Trinajstić information content (AvgIpc) is 1.98. The van der Waals surface area contributed by atoms with Crippen LogP contribution in [0.3, 0.4) is 0 Å². The van der Waals surface area contributed by atoms with Crippen LogP contribution in [-0.4, -0.2) is 0 Å². The third-order valence-corrected chi connectivity index (χ3v) is 10.8. The van der Waals surface area contributed by atoms with Crippen molar-refractivity contribution in [3.05, 3.63) is 0 Å². The van der Waals surface area contributed by atoms with Crippen LogP contribution in [0.5, 0.6) is 0 Å². The molecule has 0 aromatic rings. The maximum absolute atomic E-state index is 11.0. The fraction of sp³-hybridized carbons (Fsp3) is 0. The molecular formula is Na4O18P6Zn. The van der Waals surface area contributed by atoms with Gasteiger partial charge in [0, 0.05) is 0 Å². The predicted octanol–water partition coefficient (Wildman–Crippen LogP) is -15.1. The molecule has 144 valence electrons. The van der Waals surface area contributed by atoms with Gasteiger partial charge in [0.2, 0.25) is 0 Å². The molecule has 29 heavy (non-hydrogen) atoms. The second kappa shape index (κ2) is 15.7. The Balaban J connectivity index is -0.000000384. The van der Waals surface area contributed by atoms with E-state index in [1.54, 1.807) is 0 Å². The molecular weight excluding hydrogens is 631 g/mol. The van der Waals surface area contributed by atoms with Crippen LogP contribution in [0.4, 0.5) is 0 Å². The molecule has 1 aliphatic heterocycles. The first-order valence-corrected chi connectivity index (χ1v) is 13.1. The van der Waals surface area contributed by atoms with Gasteiger partial charge in [0.25, 0.3) is 46.9 Å². The Morgan fingerprint density at radius 2 is 0.414 bits per heavy atom. The number of hydrogen-bond acceptors (Lipinski definition) is 18. The standard InChI is InChI=1S/4Na.H6O18P6.Zn/c;;;;1-19(2)13-20(3,4)15-22(7,8)17-24(11,12)18-23(9,10)16-21(5,6)14-19;/h;;;;(H,1,2)(H,3,4)(H,5,6)(H,7,8)(H,9,10)(H,11,12);/q4*+1;;+2/p-6. The van der Waals surface area contributed by atoms with Crippen molar-refractivity contribution in [2.75, 3.05) is 0 Å². The summed E-state index contributed by atoms with van der Waals surface area (Å²) in [7, 11) is -39.3. The van der Waals surface area contributed by atoms with Crippen molar-refractivity contribution in [2.24, 2.45) is 0 Å². The minimum absolute atomic E-state index is 0. The molecule has 0 saturated carbocycles. The van der Waals surface area contributed by atoms with Crippen LogP contribution in [0.25, 0.3) is 0 Å². The Morgan fingerprint density at radius 3 is 0.483 bits per heavy atom. The van der Waals surface area contributed by atoms with Gasteiger partial charge in [-0.3, -0.25) is 27.4 Å². The first kappa shape index (κ1) is 44.5. The fourth-order valence-corrected chi connectivity index (χ4v) is 9.03. The quantitative estimate of drug-likeness (QED) is 0.177. The molecule has 1 rings (SSSR count). The van der Waals surface area contributed by atoms with Gasteiger partial charge in [0.15, 0.2) is 0 Å². The van der Waals surface area contributed by atoms with E-state index in [-0.39, 0.29) is 138 Å². The molecule has 1 fully saturated rings. The van der Waals surface area contributed by atoms with Gasteiger partial charge < -0.3 is 29.4 Å². The van der Waals surface area contributed by atoms with E-state index in [0.29, 0.717) is 0 Å². The van der Waals surface area contributed by atoms with Gasteiger partial charge in [-0.05, 0) is 0 Å². The molecule has 1 heterocycles. The third-order valence-electron chi connectivity index (χ3n) is 1.20. The fourth-order valence-electron chi connectivity index (χ4n) is 0.824. The summed E-state index contributed by atoms with van der Waals surface area (Å²) >= 11 is 0. The Kier molecular flexibility index (Phi) is 24.1. The van der Waals surface area contributed by atoms with Crippen molar-refractivity contribution in [3.8, 4) is 0 Å². The predicted molar refractivity (Wildman–Crippen MR) is 52.1 cm³/mol. The van der Waals surface area contributed by atoms with E-state index >= 15 is 0 Å². The van der Waals surface area contributed by atoms with Gasteiger partial charge in [0.1, 0.15) is 0 Å². The Hall–Kier alpha value is 5.52. The first-order valence-electron chi connectivity index (χ1n) is 4.38. The molecule has 0 atom stereocenters. The smallest absolute Gasteiger partial charge is 0.756 e. The van der Waals surface area contributed by atoms with Gasteiger partial charge in [-0.2, -0.15) is 0 Å². The van der Waals surface area contributed by atoms with Gasteiger partial charge in [-0.15, -0.1) is 0 Å². The Bertz CT molecular complexity index is 598. The van der Waals surface area contributed by atoms with Gasteiger partial charge >= 0.3 is 138 Å². The molecule has 0 amide bonds. The molecule has 0 spiro atoms. The van der Waals surface area contributed by atoms with Gasteiger partial charge in [-0.25, -0.2) is 25.9 Å². The molecule has 1 aliphatic rings. The van der Waals surface area contributed by atoms with Gasteiger partial charge in [0.05, 0.1) is 0 Å². The average molecular weight is 631 g/mol. The largest absolute Gasteiger partial charge is 2.00 e. The van der Waals surface area contributed by atoms with Crippen molar-refractivity contribution in [2.45, 2.75) is 0 Å². The summed E-state index contributed by atoms with van der Waals surface area (Å²) in [4.78, 5) is 65.8. The van der Waals surface area contributed by atoms with E-state index in [1.807, 2.05) is 0 Å². The van der Waals surface area contributed by atoms with E-state index in [9.17, 15) is 56.8 Å². The monoisotopic (exact) mass is 630 g/mol. The van der Waals surface area contributed by atoms with Crippen LogP contribution in [-0.2, 0) is 72.7 Å². The van der Waals surface area contributed by atoms with Crippen molar-refractivity contribution in [3.63, 3.8) is 0 Å². The second-order valence-electron chi connectivity index (χ2n) is 3.17. The van der Waals surface area contributed by atoms with Crippen molar-refractivity contribution < 1.29 is 220 Å². The minimum atomic E-state index is -6.56. The van der Waals surface area contributed by atoms with E-state index in [1.165, 1.54) is 0 Å². The summed E-state index contributed by atoms with van der Waals surface area (Å²) in [6.07, 6.45) is 0. The Morgan fingerprint density at radius 1 is 0.345 bits per heavy atom. The van der Waals surface area contributed by atoms with E-state index < -0.39 is 46.9 Å². The number of hydrogen-bond donors (Lipinski definition) is 0. The van der Waals surface area contributed by atoms with Crippen LogP contribution in [0.15, 0.2) is 0 Å². The third kappa shape index (κ3) is 19.3. The first-order chi connectivity index (χ1) is 10.2. The summed E-state index contributed by atoms with van der Waals surface area (Å²) < 4.78 is 83.4. The van der Waals surface area contributed by atoms with Crippen molar-refractivity contribution >= 4 is 46.9 Å². The normalized spacial score (nSPS) is 45.7. The molecule has 0 N–H and O–H groups in total.